The van der Waals surface area contributed by atoms with Gasteiger partial charge in [0, 0.05) is 37.2 Å². The van der Waals surface area contributed by atoms with Gasteiger partial charge in [-0.1, -0.05) is 200 Å². The van der Waals surface area contributed by atoms with Crippen LogP contribution in [0.25, 0.3) is 86.6 Å². The Morgan fingerprint density at radius 1 is 0.284 bits per heavy atom. The Bertz CT molecular complexity index is 3900. The maximum atomic E-state index is 2.44. The van der Waals surface area contributed by atoms with Crippen molar-refractivity contribution in [2.45, 2.75) is 5.41 Å². The van der Waals surface area contributed by atoms with Gasteiger partial charge < -0.3 is 4.90 Å². The lowest BCUT2D eigenvalue weighted by Crippen LogP contribution is -2.25. The summed E-state index contributed by atoms with van der Waals surface area (Å²) < 4.78 is 2.60. The molecule has 2 heteroatoms. The van der Waals surface area contributed by atoms with E-state index in [1.165, 1.54) is 109 Å². The highest BCUT2D eigenvalue weighted by Crippen LogP contribution is 2.65. The van der Waals surface area contributed by atoms with E-state index in [2.05, 4.69) is 254 Å². The first-order valence-corrected chi connectivity index (χ1v) is 24.0. The van der Waals surface area contributed by atoms with E-state index < -0.39 is 5.41 Å². The van der Waals surface area contributed by atoms with Crippen LogP contribution in [0, 0.1) is 0 Å². The molecule has 0 radical (unpaired) electrons. The van der Waals surface area contributed by atoms with Crippen molar-refractivity contribution in [3.8, 4) is 55.6 Å². The van der Waals surface area contributed by atoms with E-state index in [9.17, 15) is 0 Å². The summed E-state index contributed by atoms with van der Waals surface area (Å²) in [4.78, 5) is 2.44. The van der Waals surface area contributed by atoms with Gasteiger partial charge in [-0.2, -0.15) is 0 Å². The van der Waals surface area contributed by atoms with Gasteiger partial charge in [-0.15, -0.1) is 11.3 Å². The molecule has 11 aromatic carbocycles. The first-order valence-electron chi connectivity index (χ1n) is 23.2. The number of hydrogen-bond donors (Lipinski definition) is 0. The molecule has 0 amide bonds. The van der Waals surface area contributed by atoms with E-state index in [-0.39, 0.29) is 0 Å². The normalized spacial score (nSPS) is 12.9. The SMILES string of the molecule is c1ccc(-c2cccc(N(c3cccc(-c4ccccc4-c4cccc5c4-c4c(ccc6ccccc46)C54c5ccccc5-c5ccccc54)c3)c3ccc4sc5ccccc5c4c3)c2)cc1. The minimum Gasteiger partial charge on any atom is -0.310 e. The summed E-state index contributed by atoms with van der Waals surface area (Å²) >= 11 is 1.86. The molecule has 12 aromatic rings. The van der Waals surface area contributed by atoms with Crippen LogP contribution in [-0.4, -0.2) is 0 Å². The van der Waals surface area contributed by atoms with Gasteiger partial charge in [-0.25, -0.2) is 0 Å². The molecule has 1 spiro atoms. The zero-order chi connectivity index (χ0) is 44.1. The first kappa shape index (κ1) is 38.0. The van der Waals surface area contributed by atoms with E-state index >= 15 is 0 Å². The molecule has 14 rings (SSSR count). The average Bonchev–Trinajstić information content (AvgIpc) is 4.03. The van der Waals surface area contributed by atoms with Crippen molar-refractivity contribution in [3.63, 3.8) is 0 Å². The summed E-state index contributed by atoms with van der Waals surface area (Å²) in [6.07, 6.45) is 0. The Morgan fingerprint density at radius 3 is 1.61 bits per heavy atom. The fourth-order valence-electron chi connectivity index (χ4n) is 11.7. The molecule has 0 atom stereocenters. The predicted molar refractivity (Wildman–Crippen MR) is 284 cm³/mol. The fourth-order valence-corrected chi connectivity index (χ4v) is 12.8. The topological polar surface area (TPSA) is 3.24 Å². The fraction of sp³-hybridized carbons (Fsp3) is 0.0154. The highest BCUT2D eigenvalue weighted by atomic mass is 32.1. The van der Waals surface area contributed by atoms with Crippen molar-refractivity contribution >= 4 is 59.3 Å². The highest BCUT2D eigenvalue weighted by molar-refractivity contribution is 7.25. The van der Waals surface area contributed by atoms with E-state index in [0.29, 0.717) is 0 Å². The van der Waals surface area contributed by atoms with Gasteiger partial charge >= 0.3 is 0 Å². The maximum absolute atomic E-state index is 2.44. The van der Waals surface area contributed by atoms with E-state index in [1.54, 1.807) is 0 Å². The van der Waals surface area contributed by atoms with Crippen molar-refractivity contribution in [3.05, 3.63) is 271 Å². The molecule has 0 N–H and O–H groups in total. The summed E-state index contributed by atoms with van der Waals surface area (Å²) in [6.45, 7) is 0. The van der Waals surface area contributed by atoms with Gasteiger partial charge in [0.05, 0.1) is 5.41 Å². The molecule has 0 saturated heterocycles. The smallest absolute Gasteiger partial charge is 0.0725 e. The zero-order valence-electron chi connectivity index (χ0n) is 36.5. The first-order chi connectivity index (χ1) is 33.2. The standard InChI is InChI=1S/C65H41NS/c1-2-17-42(18-3-1)44-20-14-22-46(39-44)66(48-36-38-62-56(41-48)54-29-10-13-34-61(54)67-62)47-23-15-21-45(40-47)49-24-6-7-26-51(49)55-30-16-33-59-64(55)63-50-25-5-4-19-43(50)35-37-60(63)65(59)57-31-11-8-27-52(57)53-28-9-12-32-58(53)65/h1-41H. The lowest BCUT2D eigenvalue weighted by Gasteiger charge is -2.30. The molecule has 0 saturated carbocycles. The number of rotatable bonds is 6. The van der Waals surface area contributed by atoms with E-state index in [0.717, 1.165) is 17.1 Å². The summed E-state index contributed by atoms with van der Waals surface area (Å²) in [6, 6.07) is 92.6. The van der Waals surface area contributed by atoms with E-state index in [4.69, 9.17) is 0 Å². The third-order valence-corrected chi connectivity index (χ3v) is 15.6. The Kier molecular flexibility index (Phi) is 8.44. The van der Waals surface area contributed by atoms with Crippen LogP contribution in [0.1, 0.15) is 22.3 Å². The minimum atomic E-state index is -0.448. The van der Waals surface area contributed by atoms with Crippen molar-refractivity contribution in [1.82, 2.24) is 0 Å². The second kappa shape index (κ2) is 14.9. The second-order valence-electron chi connectivity index (χ2n) is 17.9. The Labute approximate surface area is 394 Å². The van der Waals surface area contributed by atoms with Gasteiger partial charge in [0.1, 0.15) is 0 Å². The maximum Gasteiger partial charge on any atom is 0.0725 e. The average molecular weight is 868 g/mol. The molecule has 0 fully saturated rings. The third kappa shape index (κ3) is 5.61. The van der Waals surface area contributed by atoms with Crippen molar-refractivity contribution in [2.75, 3.05) is 4.90 Å². The minimum absolute atomic E-state index is 0.448. The van der Waals surface area contributed by atoms with Crippen LogP contribution in [0.3, 0.4) is 0 Å². The van der Waals surface area contributed by atoms with Gasteiger partial charge in [0.2, 0.25) is 0 Å². The molecular weight excluding hydrogens is 827 g/mol. The molecular formula is C65H41NS. The number of hydrogen-bond acceptors (Lipinski definition) is 2. The van der Waals surface area contributed by atoms with Crippen LogP contribution < -0.4 is 4.90 Å². The lowest BCUT2D eigenvalue weighted by atomic mass is 9.70. The van der Waals surface area contributed by atoms with Crippen LogP contribution in [0.4, 0.5) is 17.1 Å². The van der Waals surface area contributed by atoms with Crippen LogP contribution in [0.2, 0.25) is 0 Å². The van der Waals surface area contributed by atoms with Gasteiger partial charge in [-0.05, 0) is 137 Å². The van der Waals surface area contributed by atoms with Crippen LogP contribution in [0.5, 0.6) is 0 Å². The predicted octanol–water partition coefficient (Wildman–Crippen LogP) is 18.0. The van der Waals surface area contributed by atoms with Crippen LogP contribution in [-0.2, 0) is 5.41 Å². The second-order valence-corrected chi connectivity index (χ2v) is 19.0. The Hall–Kier alpha value is -8.30. The van der Waals surface area contributed by atoms with Crippen LogP contribution in [0.15, 0.2) is 249 Å². The largest absolute Gasteiger partial charge is 0.310 e. The molecule has 0 bridgehead atoms. The molecule has 0 aliphatic heterocycles. The van der Waals surface area contributed by atoms with Crippen molar-refractivity contribution < 1.29 is 0 Å². The number of thiophene rings is 1. The number of benzene rings is 11. The molecule has 1 heterocycles. The summed E-state index contributed by atoms with van der Waals surface area (Å²) in [5, 5.41) is 5.11. The molecule has 2 aliphatic carbocycles. The Balaban J connectivity index is 0.984. The molecule has 1 nitrogen and oxygen atoms in total. The molecule has 1 aromatic heterocycles. The number of anilines is 3. The third-order valence-electron chi connectivity index (χ3n) is 14.5. The monoisotopic (exact) mass is 867 g/mol. The number of nitrogens with zero attached hydrogens (tertiary/aromatic N) is 1. The highest BCUT2D eigenvalue weighted by Gasteiger charge is 2.52. The quantitative estimate of drug-likeness (QED) is 0.161. The van der Waals surface area contributed by atoms with E-state index in [1.807, 2.05) is 11.3 Å². The summed E-state index contributed by atoms with van der Waals surface area (Å²) in [5.41, 5.74) is 20.8. The molecule has 67 heavy (non-hydrogen) atoms. The van der Waals surface area contributed by atoms with Gasteiger partial charge in [0.15, 0.2) is 0 Å². The van der Waals surface area contributed by atoms with Crippen molar-refractivity contribution in [2.24, 2.45) is 0 Å². The summed E-state index contributed by atoms with van der Waals surface area (Å²) in [5.74, 6) is 0. The molecule has 2 aliphatic rings. The Morgan fingerprint density at radius 2 is 0.821 bits per heavy atom. The zero-order valence-corrected chi connectivity index (χ0v) is 37.3. The molecule has 312 valence electrons. The van der Waals surface area contributed by atoms with Crippen molar-refractivity contribution in [1.29, 1.82) is 0 Å². The number of fused-ring (bicyclic) bond motifs is 15. The van der Waals surface area contributed by atoms with Crippen LogP contribution >= 0.6 is 11.3 Å². The summed E-state index contributed by atoms with van der Waals surface area (Å²) in [7, 11) is 0. The lowest BCUT2D eigenvalue weighted by molar-refractivity contribution is 0.794. The molecule has 0 unspecified atom stereocenters. The van der Waals surface area contributed by atoms with Gasteiger partial charge in [0.25, 0.3) is 0 Å². The van der Waals surface area contributed by atoms with Gasteiger partial charge in [-0.3, -0.25) is 0 Å².